The van der Waals surface area contributed by atoms with Gasteiger partial charge in [0, 0.05) is 10.2 Å². The maximum atomic E-state index is 13.7. The first-order chi connectivity index (χ1) is 13.8. The molecule has 6 rings (SSSR count). The van der Waals surface area contributed by atoms with Gasteiger partial charge in [-0.3, -0.25) is 4.79 Å². The molecular weight excluding hydrogens is 430 g/mol. The highest BCUT2D eigenvalue weighted by Crippen LogP contribution is 2.64. The molecule has 4 aliphatic rings. The third kappa shape index (κ3) is 3.24. The first-order valence-electron chi connectivity index (χ1n) is 10.7. The lowest BCUT2D eigenvalue weighted by atomic mass is 9.49. The summed E-state index contributed by atoms with van der Waals surface area (Å²) in [5, 5.41) is 7.40. The molecule has 6 heteroatoms. The molecule has 0 saturated heterocycles. The van der Waals surface area contributed by atoms with Crippen LogP contribution in [0.25, 0.3) is 11.5 Å². The van der Waals surface area contributed by atoms with Crippen LogP contribution in [0.15, 0.2) is 22.7 Å². The molecule has 4 saturated carbocycles. The van der Waals surface area contributed by atoms with Crippen molar-refractivity contribution >= 4 is 27.5 Å². The van der Waals surface area contributed by atoms with Crippen LogP contribution in [0.2, 0.25) is 0 Å². The number of alkyl halides is 1. The number of benzene rings is 1. The molecule has 1 N–H and O–H groups in total. The highest BCUT2D eigenvalue weighted by molar-refractivity contribution is 9.10. The number of aryl methyl sites for hydroxylation is 1. The molecule has 2 atom stereocenters. The van der Waals surface area contributed by atoms with E-state index in [1.54, 1.807) is 0 Å². The average molecular weight is 458 g/mol. The van der Waals surface area contributed by atoms with Crippen LogP contribution in [0.4, 0.5) is 5.69 Å². The fraction of sp³-hybridized carbons (Fsp3) is 0.609. The molecule has 0 radical (unpaired) electrons. The number of amides is 1. The van der Waals surface area contributed by atoms with E-state index in [4.69, 9.17) is 4.52 Å². The average Bonchev–Trinajstić information content (AvgIpc) is 3.11. The maximum Gasteiger partial charge on any atom is 0.260 e. The molecule has 1 aromatic carbocycles. The Kier molecular flexibility index (Phi) is 4.43. The fourth-order valence-electron chi connectivity index (χ4n) is 6.25. The Balaban J connectivity index is 1.47. The van der Waals surface area contributed by atoms with E-state index in [1.165, 1.54) is 19.3 Å². The van der Waals surface area contributed by atoms with E-state index in [0.717, 1.165) is 36.1 Å². The van der Waals surface area contributed by atoms with Gasteiger partial charge in [-0.1, -0.05) is 47.1 Å². The third-order valence-electron chi connectivity index (χ3n) is 7.17. The molecule has 1 heterocycles. The van der Waals surface area contributed by atoms with E-state index in [0.29, 0.717) is 23.6 Å². The van der Waals surface area contributed by atoms with E-state index in [9.17, 15) is 4.79 Å². The van der Waals surface area contributed by atoms with Crippen LogP contribution in [0.3, 0.4) is 0 Å². The van der Waals surface area contributed by atoms with Crippen LogP contribution in [0, 0.1) is 24.2 Å². The Morgan fingerprint density at radius 2 is 1.97 bits per heavy atom. The van der Waals surface area contributed by atoms with Gasteiger partial charge < -0.3 is 9.84 Å². The molecule has 29 heavy (non-hydrogen) atoms. The molecule has 5 nitrogen and oxygen atoms in total. The molecule has 4 fully saturated rings. The van der Waals surface area contributed by atoms with Gasteiger partial charge in [0.15, 0.2) is 5.82 Å². The quantitative estimate of drug-likeness (QED) is 0.585. The number of carbonyl (C=O) groups excluding carboxylic acids is 1. The van der Waals surface area contributed by atoms with Crippen LogP contribution >= 0.6 is 15.9 Å². The standard InChI is InChI=1S/C23H28BrN3O2/c1-13(2)19-26-20(29-27-19)17-6-4-5-14(3)18(17)25-21(28)22-8-15-7-16(9-22)11-23(24,10-15)12-22/h4-6,13,15-16H,7-12H2,1-3H3,(H,25,28). The van der Waals surface area contributed by atoms with E-state index >= 15 is 0 Å². The Labute approximate surface area is 180 Å². The number of para-hydroxylation sites is 1. The molecule has 1 aromatic heterocycles. The Morgan fingerprint density at radius 1 is 1.24 bits per heavy atom. The van der Waals surface area contributed by atoms with Crippen molar-refractivity contribution < 1.29 is 9.32 Å². The summed E-state index contributed by atoms with van der Waals surface area (Å²) in [6, 6.07) is 5.94. The summed E-state index contributed by atoms with van der Waals surface area (Å²) in [6.45, 7) is 6.10. The summed E-state index contributed by atoms with van der Waals surface area (Å²) in [5.74, 6) is 2.84. The molecule has 4 bridgehead atoms. The number of aromatic nitrogens is 2. The minimum atomic E-state index is -0.259. The summed E-state index contributed by atoms with van der Waals surface area (Å²) >= 11 is 4.01. The number of nitrogens with zero attached hydrogens (tertiary/aromatic N) is 2. The summed E-state index contributed by atoms with van der Waals surface area (Å²) in [4.78, 5) is 18.2. The minimum absolute atomic E-state index is 0.154. The third-order valence-corrected chi connectivity index (χ3v) is 8.10. The monoisotopic (exact) mass is 457 g/mol. The smallest absolute Gasteiger partial charge is 0.260 e. The van der Waals surface area contributed by atoms with Gasteiger partial charge in [0.2, 0.25) is 5.91 Å². The minimum Gasteiger partial charge on any atom is -0.334 e. The lowest BCUT2D eigenvalue weighted by Crippen LogP contribution is -2.57. The molecule has 2 unspecified atom stereocenters. The zero-order valence-corrected chi connectivity index (χ0v) is 18.9. The van der Waals surface area contributed by atoms with Crippen LogP contribution in [-0.4, -0.2) is 20.4 Å². The lowest BCUT2D eigenvalue weighted by Gasteiger charge is -2.59. The highest BCUT2D eigenvalue weighted by atomic mass is 79.9. The second-order valence-electron chi connectivity index (χ2n) is 9.96. The van der Waals surface area contributed by atoms with Gasteiger partial charge in [0.1, 0.15) is 0 Å². The largest absolute Gasteiger partial charge is 0.334 e. The van der Waals surface area contributed by atoms with Gasteiger partial charge in [0.25, 0.3) is 5.89 Å². The molecule has 0 aliphatic heterocycles. The van der Waals surface area contributed by atoms with Crippen molar-refractivity contribution in [3.05, 3.63) is 29.6 Å². The Morgan fingerprint density at radius 3 is 2.59 bits per heavy atom. The first kappa shape index (κ1) is 19.3. The molecule has 0 spiro atoms. The van der Waals surface area contributed by atoms with Gasteiger partial charge in [-0.05, 0) is 68.9 Å². The SMILES string of the molecule is Cc1cccc(-c2nc(C(C)C)no2)c1NC(=O)C12CC3CC(CC(Br)(C3)C1)C2. The lowest BCUT2D eigenvalue weighted by molar-refractivity contribution is -0.138. The zero-order valence-electron chi connectivity index (χ0n) is 17.3. The van der Waals surface area contributed by atoms with Crippen molar-refractivity contribution in [2.45, 2.75) is 69.5 Å². The van der Waals surface area contributed by atoms with Crippen molar-refractivity contribution in [3.8, 4) is 11.5 Å². The van der Waals surface area contributed by atoms with Crippen molar-refractivity contribution in [3.63, 3.8) is 0 Å². The Bertz CT molecular complexity index is 953. The van der Waals surface area contributed by atoms with Gasteiger partial charge in [-0.25, -0.2) is 0 Å². The predicted molar refractivity (Wildman–Crippen MR) is 116 cm³/mol. The highest BCUT2D eigenvalue weighted by Gasteiger charge is 2.59. The normalized spacial score (nSPS) is 32.7. The topological polar surface area (TPSA) is 68.0 Å². The number of hydrogen-bond donors (Lipinski definition) is 1. The van der Waals surface area contributed by atoms with Crippen LogP contribution in [0.5, 0.6) is 0 Å². The van der Waals surface area contributed by atoms with Gasteiger partial charge in [-0.2, -0.15) is 4.98 Å². The summed E-state index contributed by atoms with van der Waals surface area (Å²) in [5.41, 5.74) is 2.36. The predicted octanol–water partition coefficient (Wildman–Crippen LogP) is 5.84. The van der Waals surface area contributed by atoms with Gasteiger partial charge in [0.05, 0.1) is 16.7 Å². The summed E-state index contributed by atoms with van der Waals surface area (Å²) in [6.07, 6.45) is 6.70. The number of anilines is 1. The van der Waals surface area contributed by atoms with Gasteiger partial charge >= 0.3 is 0 Å². The van der Waals surface area contributed by atoms with Crippen LogP contribution in [-0.2, 0) is 4.79 Å². The zero-order chi connectivity index (χ0) is 20.4. The van der Waals surface area contributed by atoms with E-state index in [-0.39, 0.29) is 21.6 Å². The Hall–Kier alpha value is -1.69. The number of halogens is 1. The summed E-state index contributed by atoms with van der Waals surface area (Å²) in [7, 11) is 0. The second-order valence-corrected chi connectivity index (χ2v) is 11.6. The number of hydrogen-bond acceptors (Lipinski definition) is 4. The van der Waals surface area contributed by atoms with Crippen LogP contribution < -0.4 is 5.32 Å². The van der Waals surface area contributed by atoms with Crippen molar-refractivity contribution in [1.82, 2.24) is 10.1 Å². The van der Waals surface area contributed by atoms with Crippen molar-refractivity contribution in [1.29, 1.82) is 0 Å². The van der Waals surface area contributed by atoms with E-state index in [1.807, 2.05) is 39.0 Å². The first-order valence-corrected chi connectivity index (χ1v) is 11.5. The number of nitrogens with one attached hydrogen (secondary N) is 1. The maximum absolute atomic E-state index is 13.7. The second kappa shape index (κ2) is 6.66. The number of carbonyl (C=O) groups is 1. The van der Waals surface area contributed by atoms with E-state index < -0.39 is 0 Å². The van der Waals surface area contributed by atoms with Crippen LogP contribution in [0.1, 0.15) is 69.7 Å². The van der Waals surface area contributed by atoms with Gasteiger partial charge in [-0.15, -0.1) is 0 Å². The molecule has 1 amide bonds. The molecule has 154 valence electrons. The van der Waals surface area contributed by atoms with Crippen molar-refractivity contribution in [2.24, 2.45) is 17.3 Å². The summed E-state index contributed by atoms with van der Waals surface area (Å²) < 4.78 is 5.69. The number of rotatable bonds is 4. The fourth-order valence-corrected chi connectivity index (χ4v) is 7.71. The molecular formula is C23H28BrN3O2. The van der Waals surface area contributed by atoms with Crippen molar-refractivity contribution in [2.75, 3.05) is 5.32 Å². The molecule has 4 aliphatic carbocycles. The van der Waals surface area contributed by atoms with E-state index in [2.05, 4.69) is 31.4 Å². The molecule has 2 aromatic rings.